The maximum atomic E-state index is 11.1. The SMILES string of the molecule is Cc1cc(C)cc(C2OC(=O)NC2C)c1. The summed E-state index contributed by atoms with van der Waals surface area (Å²) in [6, 6.07) is 6.28. The van der Waals surface area contributed by atoms with E-state index in [-0.39, 0.29) is 18.2 Å². The standard InChI is InChI=1S/C12H15NO2/c1-7-4-8(2)6-10(5-7)11-9(3)13-12(14)15-11/h4-6,9,11H,1-3H3,(H,13,14). The molecule has 0 aromatic heterocycles. The smallest absolute Gasteiger partial charge is 0.408 e. The lowest BCUT2D eigenvalue weighted by Crippen LogP contribution is -2.23. The first kappa shape index (κ1) is 10.0. The Labute approximate surface area is 89.4 Å². The first-order chi connectivity index (χ1) is 7.06. The van der Waals surface area contributed by atoms with E-state index in [0.717, 1.165) is 5.56 Å². The van der Waals surface area contributed by atoms with Crippen molar-refractivity contribution in [2.75, 3.05) is 0 Å². The number of amides is 1. The van der Waals surface area contributed by atoms with Crippen molar-refractivity contribution >= 4 is 6.09 Å². The molecular weight excluding hydrogens is 190 g/mol. The lowest BCUT2D eigenvalue weighted by molar-refractivity contribution is 0.134. The van der Waals surface area contributed by atoms with Gasteiger partial charge in [0.2, 0.25) is 0 Å². The van der Waals surface area contributed by atoms with Crippen LogP contribution in [0.4, 0.5) is 4.79 Å². The highest BCUT2D eigenvalue weighted by Crippen LogP contribution is 2.27. The Bertz CT molecular complexity index is 380. The van der Waals surface area contributed by atoms with E-state index >= 15 is 0 Å². The molecule has 2 rings (SSSR count). The lowest BCUT2D eigenvalue weighted by atomic mass is 10.00. The zero-order valence-electron chi connectivity index (χ0n) is 9.20. The number of benzene rings is 1. The molecule has 3 nitrogen and oxygen atoms in total. The van der Waals surface area contributed by atoms with Crippen LogP contribution in [0.2, 0.25) is 0 Å². The zero-order valence-corrected chi connectivity index (χ0v) is 9.20. The Morgan fingerprint density at radius 3 is 2.27 bits per heavy atom. The highest BCUT2D eigenvalue weighted by Gasteiger charge is 2.31. The Balaban J connectivity index is 2.33. The van der Waals surface area contributed by atoms with Crippen LogP contribution in [0, 0.1) is 13.8 Å². The third kappa shape index (κ3) is 1.96. The van der Waals surface area contributed by atoms with Crippen LogP contribution >= 0.6 is 0 Å². The summed E-state index contributed by atoms with van der Waals surface area (Å²) < 4.78 is 5.22. The minimum atomic E-state index is -0.327. The maximum absolute atomic E-state index is 11.1. The molecule has 0 saturated carbocycles. The van der Waals surface area contributed by atoms with Gasteiger partial charge in [-0.2, -0.15) is 0 Å². The van der Waals surface area contributed by atoms with Crippen LogP contribution in [-0.2, 0) is 4.74 Å². The van der Waals surface area contributed by atoms with Crippen LogP contribution in [0.1, 0.15) is 29.7 Å². The topological polar surface area (TPSA) is 38.3 Å². The van der Waals surface area contributed by atoms with Crippen molar-refractivity contribution in [2.45, 2.75) is 32.9 Å². The summed E-state index contributed by atoms with van der Waals surface area (Å²) in [6.45, 7) is 6.05. The van der Waals surface area contributed by atoms with Crippen LogP contribution in [0.3, 0.4) is 0 Å². The molecule has 0 radical (unpaired) electrons. The van der Waals surface area contributed by atoms with Gasteiger partial charge in [0.05, 0.1) is 6.04 Å². The molecule has 0 aliphatic carbocycles. The zero-order chi connectivity index (χ0) is 11.0. The first-order valence-corrected chi connectivity index (χ1v) is 5.11. The van der Waals surface area contributed by atoms with Gasteiger partial charge in [-0.05, 0) is 26.3 Å². The van der Waals surface area contributed by atoms with E-state index in [4.69, 9.17) is 4.74 Å². The number of aryl methyl sites for hydroxylation is 2. The number of rotatable bonds is 1. The molecule has 15 heavy (non-hydrogen) atoms. The molecule has 1 saturated heterocycles. The van der Waals surface area contributed by atoms with Gasteiger partial charge in [-0.15, -0.1) is 0 Å². The van der Waals surface area contributed by atoms with Crippen molar-refractivity contribution in [3.8, 4) is 0 Å². The third-order valence-electron chi connectivity index (χ3n) is 2.61. The van der Waals surface area contributed by atoms with E-state index in [1.54, 1.807) is 0 Å². The Hall–Kier alpha value is -1.51. The van der Waals surface area contributed by atoms with E-state index in [1.807, 2.05) is 20.8 Å². The van der Waals surface area contributed by atoms with Gasteiger partial charge in [-0.3, -0.25) is 0 Å². The fraction of sp³-hybridized carbons (Fsp3) is 0.417. The van der Waals surface area contributed by atoms with Gasteiger partial charge in [0.15, 0.2) is 0 Å². The largest absolute Gasteiger partial charge is 0.439 e. The molecule has 1 aliphatic heterocycles. The first-order valence-electron chi connectivity index (χ1n) is 5.11. The fourth-order valence-corrected chi connectivity index (χ4v) is 2.04. The van der Waals surface area contributed by atoms with Gasteiger partial charge < -0.3 is 10.1 Å². The van der Waals surface area contributed by atoms with Crippen LogP contribution in [0.25, 0.3) is 0 Å². The second kappa shape index (κ2) is 3.57. The van der Waals surface area contributed by atoms with E-state index < -0.39 is 0 Å². The highest BCUT2D eigenvalue weighted by molar-refractivity contribution is 5.70. The summed E-state index contributed by atoms with van der Waals surface area (Å²) in [4.78, 5) is 11.1. The molecular formula is C12H15NO2. The number of hydrogen-bond donors (Lipinski definition) is 1. The monoisotopic (exact) mass is 205 g/mol. The average Bonchev–Trinajstić information content (AvgIpc) is 2.43. The van der Waals surface area contributed by atoms with Crippen molar-refractivity contribution in [2.24, 2.45) is 0 Å². The summed E-state index contributed by atoms with van der Waals surface area (Å²) in [5, 5.41) is 2.74. The summed E-state index contributed by atoms with van der Waals surface area (Å²) in [5.74, 6) is 0. The predicted molar refractivity (Wildman–Crippen MR) is 57.7 cm³/mol. The number of carbonyl (C=O) groups excluding carboxylic acids is 1. The van der Waals surface area contributed by atoms with Crippen molar-refractivity contribution in [3.63, 3.8) is 0 Å². The second-order valence-corrected chi connectivity index (χ2v) is 4.18. The van der Waals surface area contributed by atoms with Crippen molar-refractivity contribution in [1.82, 2.24) is 5.32 Å². The van der Waals surface area contributed by atoms with Gasteiger partial charge in [0.1, 0.15) is 6.10 Å². The minimum absolute atomic E-state index is 0.0405. The predicted octanol–water partition coefficient (Wildman–Crippen LogP) is 2.47. The number of cyclic esters (lactones) is 1. The molecule has 1 aromatic rings. The number of alkyl carbamates (subject to hydrolysis) is 1. The summed E-state index contributed by atoms with van der Waals surface area (Å²) >= 11 is 0. The van der Waals surface area contributed by atoms with Crippen LogP contribution in [-0.4, -0.2) is 12.1 Å². The van der Waals surface area contributed by atoms with E-state index in [1.165, 1.54) is 11.1 Å². The van der Waals surface area contributed by atoms with Crippen molar-refractivity contribution < 1.29 is 9.53 Å². The molecule has 3 heteroatoms. The third-order valence-corrected chi connectivity index (χ3v) is 2.61. The number of carbonyl (C=O) groups is 1. The number of hydrogen-bond acceptors (Lipinski definition) is 2. The van der Waals surface area contributed by atoms with Crippen molar-refractivity contribution in [1.29, 1.82) is 0 Å². The number of nitrogens with one attached hydrogen (secondary N) is 1. The molecule has 2 unspecified atom stereocenters. The van der Waals surface area contributed by atoms with Gasteiger partial charge >= 0.3 is 6.09 Å². The Morgan fingerprint density at radius 1 is 1.20 bits per heavy atom. The molecule has 1 N–H and O–H groups in total. The molecule has 0 spiro atoms. The highest BCUT2D eigenvalue weighted by atomic mass is 16.6. The van der Waals surface area contributed by atoms with Crippen molar-refractivity contribution in [3.05, 3.63) is 34.9 Å². The molecule has 1 aliphatic rings. The van der Waals surface area contributed by atoms with E-state index in [9.17, 15) is 4.79 Å². The van der Waals surface area contributed by atoms with Gasteiger partial charge in [0.25, 0.3) is 0 Å². The lowest BCUT2D eigenvalue weighted by Gasteiger charge is -2.14. The minimum Gasteiger partial charge on any atom is -0.439 e. The van der Waals surface area contributed by atoms with E-state index in [0.29, 0.717) is 0 Å². The second-order valence-electron chi connectivity index (χ2n) is 4.18. The van der Waals surface area contributed by atoms with Crippen LogP contribution < -0.4 is 5.32 Å². The molecule has 0 bridgehead atoms. The Morgan fingerprint density at radius 2 is 1.80 bits per heavy atom. The molecule has 1 fully saturated rings. The molecule has 1 amide bonds. The van der Waals surface area contributed by atoms with Crippen LogP contribution in [0.5, 0.6) is 0 Å². The molecule has 1 heterocycles. The van der Waals surface area contributed by atoms with E-state index in [2.05, 4.69) is 23.5 Å². The maximum Gasteiger partial charge on any atom is 0.408 e. The fourth-order valence-electron chi connectivity index (χ4n) is 2.04. The molecule has 1 aromatic carbocycles. The Kier molecular flexibility index (Phi) is 2.39. The van der Waals surface area contributed by atoms with Gasteiger partial charge in [0, 0.05) is 0 Å². The van der Waals surface area contributed by atoms with Gasteiger partial charge in [-0.25, -0.2) is 4.79 Å². The number of ether oxygens (including phenoxy) is 1. The quantitative estimate of drug-likeness (QED) is 0.764. The summed E-state index contributed by atoms with van der Waals surface area (Å²) in [5.41, 5.74) is 3.46. The summed E-state index contributed by atoms with van der Waals surface area (Å²) in [7, 11) is 0. The van der Waals surface area contributed by atoms with Crippen LogP contribution in [0.15, 0.2) is 18.2 Å². The molecule has 80 valence electrons. The molecule has 2 atom stereocenters. The van der Waals surface area contributed by atoms with Gasteiger partial charge in [-0.1, -0.05) is 29.3 Å². The average molecular weight is 205 g/mol. The normalized spacial score (nSPS) is 24.9. The summed E-state index contributed by atoms with van der Waals surface area (Å²) in [6.07, 6.45) is -0.484.